The summed E-state index contributed by atoms with van der Waals surface area (Å²) in [5.74, 6) is -0.0339. The van der Waals surface area contributed by atoms with Gasteiger partial charge in [-0.15, -0.1) is 0 Å². The van der Waals surface area contributed by atoms with Crippen LogP contribution < -0.4 is 0 Å². The minimum atomic E-state index is -0.0913. The van der Waals surface area contributed by atoms with Gasteiger partial charge in [-0.2, -0.15) is 0 Å². The Bertz CT molecular complexity index is 1030. The minimum absolute atomic E-state index is 0.0546. The van der Waals surface area contributed by atoms with Crippen LogP contribution in [0.15, 0.2) is 35.1 Å². The Morgan fingerprint density at radius 3 is 2.53 bits per heavy atom. The molecule has 4 heterocycles. The number of hydrogen-bond acceptors (Lipinski definition) is 7. The average molecular weight is 507 g/mol. The molecule has 1 amide bonds. The fourth-order valence-electron chi connectivity index (χ4n) is 5.48. The second-order valence-corrected chi connectivity index (χ2v) is 10.0. The van der Waals surface area contributed by atoms with E-state index >= 15 is 0 Å². The SMILES string of the molecule is O=C(CN1CCN(C(=O)Cc2ccc(Cl)c(Cl)c2)[C@H]2[C@H]1COC[C@@H]2N1CCCC1)c1ccon1. The van der Waals surface area contributed by atoms with E-state index in [4.69, 9.17) is 32.5 Å². The lowest BCUT2D eigenvalue weighted by Crippen LogP contribution is -2.72. The van der Waals surface area contributed by atoms with Crippen LogP contribution in [0.3, 0.4) is 0 Å². The van der Waals surface area contributed by atoms with Crippen molar-refractivity contribution in [3.8, 4) is 0 Å². The number of fused-ring (bicyclic) bond motifs is 1. The van der Waals surface area contributed by atoms with Gasteiger partial charge in [0.25, 0.3) is 0 Å². The molecule has 10 heteroatoms. The number of rotatable bonds is 6. The summed E-state index contributed by atoms with van der Waals surface area (Å²) in [4.78, 5) is 33.0. The van der Waals surface area contributed by atoms with Crippen molar-refractivity contribution < 1.29 is 18.8 Å². The van der Waals surface area contributed by atoms with E-state index in [0.717, 1.165) is 31.5 Å². The van der Waals surface area contributed by atoms with Crippen molar-refractivity contribution in [2.45, 2.75) is 37.4 Å². The van der Waals surface area contributed by atoms with Gasteiger partial charge in [0.05, 0.1) is 54.4 Å². The number of aromatic nitrogens is 1. The first kappa shape index (κ1) is 23.8. The van der Waals surface area contributed by atoms with E-state index in [2.05, 4.69) is 15.0 Å². The van der Waals surface area contributed by atoms with Crippen LogP contribution in [0, 0.1) is 0 Å². The van der Waals surface area contributed by atoms with E-state index in [-0.39, 0.29) is 42.8 Å². The zero-order valence-corrected chi connectivity index (χ0v) is 20.4. The lowest BCUT2D eigenvalue weighted by Gasteiger charge is -2.54. The molecule has 0 radical (unpaired) electrons. The summed E-state index contributed by atoms with van der Waals surface area (Å²) in [6, 6.07) is 6.89. The Balaban J connectivity index is 1.38. The summed E-state index contributed by atoms with van der Waals surface area (Å²) in [7, 11) is 0. The number of ether oxygens (including phenoxy) is 1. The zero-order chi connectivity index (χ0) is 23.7. The average Bonchev–Trinajstić information content (AvgIpc) is 3.56. The number of carbonyl (C=O) groups excluding carboxylic acids is 2. The predicted octanol–water partition coefficient (Wildman–Crippen LogP) is 2.78. The van der Waals surface area contributed by atoms with Gasteiger partial charge in [0.1, 0.15) is 6.26 Å². The van der Waals surface area contributed by atoms with Crippen molar-refractivity contribution in [3.63, 3.8) is 0 Å². The third-order valence-electron chi connectivity index (χ3n) is 7.16. The molecule has 3 aliphatic rings. The maximum Gasteiger partial charge on any atom is 0.227 e. The Kier molecular flexibility index (Phi) is 7.22. The predicted molar refractivity (Wildman–Crippen MR) is 127 cm³/mol. The molecule has 34 heavy (non-hydrogen) atoms. The highest BCUT2D eigenvalue weighted by Crippen LogP contribution is 2.30. The first-order valence-electron chi connectivity index (χ1n) is 11.7. The van der Waals surface area contributed by atoms with Gasteiger partial charge < -0.3 is 14.2 Å². The normalized spacial score (nSPS) is 25.9. The highest BCUT2D eigenvalue weighted by atomic mass is 35.5. The van der Waals surface area contributed by atoms with Gasteiger partial charge in [0, 0.05) is 19.2 Å². The van der Waals surface area contributed by atoms with Crippen molar-refractivity contribution >= 4 is 34.9 Å². The largest absolute Gasteiger partial charge is 0.378 e. The van der Waals surface area contributed by atoms with Crippen LogP contribution in [0.5, 0.6) is 0 Å². The maximum atomic E-state index is 13.6. The summed E-state index contributed by atoms with van der Waals surface area (Å²) in [5, 5.41) is 4.71. The summed E-state index contributed by atoms with van der Waals surface area (Å²) < 4.78 is 10.9. The topological polar surface area (TPSA) is 79.1 Å². The number of hydrogen-bond donors (Lipinski definition) is 0. The van der Waals surface area contributed by atoms with Gasteiger partial charge in [0.15, 0.2) is 11.5 Å². The van der Waals surface area contributed by atoms with Crippen LogP contribution in [-0.2, 0) is 16.0 Å². The second-order valence-electron chi connectivity index (χ2n) is 9.20. The van der Waals surface area contributed by atoms with E-state index in [1.807, 2.05) is 11.0 Å². The molecule has 0 bridgehead atoms. The van der Waals surface area contributed by atoms with Crippen LogP contribution in [0.2, 0.25) is 10.0 Å². The van der Waals surface area contributed by atoms with E-state index < -0.39 is 0 Å². The van der Waals surface area contributed by atoms with Crippen LogP contribution in [-0.4, -0.2) is 95.6 Å². The number of amides is 1. The summed E-state index contributed by atoms with van der Waals surface area (Å²) >= 11 is 12.2. The van der Waals surface area contributed by atoms with Crippen LogP contribution in [0.1, 0.15) is 28.9 Å². The van der Waals surface area contributed by atoms with Gasteiger partial charge in [-0.25, -0.2) is 0 Å². The molecular weight excluding hydrogens is 479 g/mol. The Morgan fingerprint density at radius 2 is 1.79 bits per heavy atom. The molecule has 0 unspecified atom stereocenters. The van der Waals surface area contributed by atoms with Crippen molar-refractivity contribution in [2.75, 3.05) is 45.9 Å². The molecule has 5 rings (SSSR count). The molecular formula is C24H28Cl2N4O4. The van der Waals surface area contributed by atoms with Crippen LogP contribution in [0.4, 0.5) is 0 Å². The van der Waals surface area contributed by atoms with E-state index in [1.165, 1.54) is 6.26 Å². The molecule has 182 valence electrons. The minimum Gasteiger partial charge on any atom is -0.378 e. The standard InChI is InChI=1S/C24H28Cl2N4O4/c25-17-4-3-16(11-18(17)26)12-23(32)30-9-8-29(13-22(31)19-5-10-34-27-19)21-15-33-14-20(24(21)30)28-6-1-2-7-28/h3-5,10-11,20-21,24H,1-2,6-9,12-15H2/t20-,21+,24+/m0/s1. The molecule has 1 aromatic carbocycles. The van der Waals surface area contributed by atoms with Crippen molar-refractivity contribution in [3.05, 3.63) is 51.8 Å². The first-order valence-corrected chi connectivity index (χ1v) is 12.5. The number of nitrogens with zero attached hydrogens (tertiary/aromatic N) is 4. The number of likely N-dealkylation sites (tertiary alicyclic amines) is 1. The van der Waals surface area contributed by atoms with Gasteiger partial charge in [-0.05, 0) is 43.6 Å². The second kappa shape index (κ2) is 10.3. The molecule has 3 atom stereocenters. The molecule has 2 aromatic rings. The van der Waals surface area contributed by atoms with Crippen molar-refractivity contribution in [1.82, 2.24) is 19.9 Å². The summed E-state index contributed by atoms with van der Waals surface area (Å²) in [6.07, 6.45) is 3.97. The zero-order valence-electron chi connectivity index (χ0n) is 18.9. The van der Waals surface area contributed by atoms with Gasteiger partial charge in [0.2, 0.25) is 5.91 Å². The third-order valence-corrected chi connectivity index (χ3v) is 7.90. The third kappa shape index (κ3) is 4.88. The lowest BCUT2D eigenvalue weighted by molar-refractivity contribution is -0.151. The number of carbonyl (C=O) groups is 2. The molecule has 3 aliphatic heterocycles. The molecule has 0 spiro atoms. The maximum absolute atomic E-state index is 13.6. The highest BCUT2D eigenvalue weighted by molar-refractivity contribution is 6.42. The number of piperazine rings is 1. The number of benzene rings is 1. The molecule has 3 fully saturated rings. The van der Waals surface area contributed by atoms with Crippen LogP contribution in [0.25, 0.3) is 0 Å². The Morgan fingerprint density at radius 1 is 1.00 bits per heavy atom. The van der Waals surface area contributed by atoms with E-state index in [0.29, 0.717) is 42.0 Å². The summed E-state index contributed by atoms with van der Waals surface area (Å²) in [5.41, 5.74) is 1.16. The fourth-order valence-corrected chi connectivity index (χ4v) is 5.80. The van der Waals surface area contributed by atoms with Gasteiger partial charge in [-0.1, -0.05) is 34.4 Å². The number of Topliss-reactive ketones (excluding diaryl/α,β-unsaturated/α-hetero) is 1. The van der Waals surface area contributed by atoms with E-state index in [1.54, 1.807) is 18.2 Å². The van der Waals surface area contributed by atoms with Crippen molar-refractivity contribution in [1.29, 1.82) is 0 Å². The number of halogens is 2. The van der Waals surface area contributed by atoms with Gasteiger partial charge >= 0.3 is 0 Å². The Labute approximate surface area is 208 Å². The number of ketones is 1. The first-order chi connectivity index (χ1) is 16.5. The van der Waals surface area contributed by atoms with Gasteiger partial charge in [-0.3, -0.25) is 19.4 Å². The molecule has 3 saturated heterocycles. The van der Waals surface area contributed by atoms with E-state index in [9.17, 15) is 9.59 Å². The summed E-state index contributed by atoms with van der Waals surface area (Å²) in [6.45, 7) is 4.44. The highest BCUT2D eigenvalue weighted by Gasteiger charge is 2.48. The molecule has 0 saturated carbocycles. The van der Waals surface area contributed by atoms with Crippen LogP contribution >= 0.6 is 23.2 Å². The smallest absolute Gasteiger partial charge is 0.227 e. The molecule has 0 aliphatic carbocycles. The fraction of sp³-hybridized carbons (Fsp3) is 0.542. The van der Waals surface area contributed by atoms with Crippen molar-refractivity contribution in [2.24, 2.45) is 0 Å². The lowest BCUT2D eigenvalue weighted by atomic mass is 9.90. The molecule has 0 N–H and O–H groups in total. The molecule has 8 nitrogen and oxygen atoms in total. The monoisotopic (exact) mass is 506 g/mol. The Hall–Kier alpha value is -1.97. The quantitative estimate of drug-likeness (QED) is 0.557. The molecule has 1 aromatic heterocycles.